The van der Waals surface area contributed by atoms with Crippen molar-refractivity contribution in [3.8, 4) is 73.1 Å². The van der Waals surface area contributed by atoms with Gasteiger partial charge in [-0.25, -0.2) is 0 Å². The molecule has 12 rings (SSSR count). The molecule has 0 saturated carbocycles. The zero-order chi connectivity index (χ0) is 50.3. The van der Waals surface area contributed by atoms with Crippen LogP contribution in [0.2, 0.25) is 0 Å². The minimum Gasteiger partial charge on any atom is -0.308 e. The fourth-order valence-electron chi connectivity index (χ4n) is 10.9. The van der Waals surface area contributed by atoms with E-state index in [-0.39, 0.29) is 0 Å². The molecular weight excluding hydrogens is 904 g/mol. The lowest BCUT2D eigenvalue weighted by molar-refractivity contribution is -0.137. The zero-order valence-electron chi connectivity index (χ0n) is 41.0. The van der Waals surface area contributed by atoms with Crippen LogP contribution in [0.5, 0.6) is 0 Å². The number of aryl methyl sites for hydroxylation is 5. The highest BCUT2D eigenvalue weighted by Crippen LogP contribution is 2.44. The first-order valence-corrected chi connectivity index (χ1v) is 24.5. The van der Waals surface area contributed by atoms with Crippen molar-refractivity contribution in [2.45, 2.75) is 40.8 Å². The molecule has 2 heterocycles. The van der Waals surface area contributed by atoms with Crippen LogP contribution in [0.15, 0.2) is 200 Å². The molecule has 2 aromatic heterocycles. The normalized spacial score (nSPS) is 11.8. The summed E-state index contributed by atoms with van der Waals surface area (Å²) in [6, 6.07) is 70.3. The molecule has 0 unspecified atom stereocenters. The van der Waals surface area contributed by atoms with Crippen molar-refractivity contribution in [1.82, 2.24) is 9.13 Å². The van der Waals surface area contributed by atoms with Gasteiger partial charge in [0.25, 0.3) is 0 Å². The lowest BCUT2D eigenvalue weighted by atomic mass is 9.96. The van der Waals surface area contributed by atoms with E-state index in [1.54, 1.807) is 13.0 Å². The lowest BCUT2D eigenvalue weighted by Gasteiger charge is -2.19. The monoisotopic (exact) mass is 951 g/mol. The van der Waals surface area contributed by atoms with Crippen LogP contribution in [0.1, 0.15) is 38.9 Å². The predicted molar refractivity (Wildman–Crippen MR) is 296 cm³/mol. The second-order valence-electron chi connectivity index (χ2n) is 19.7. The smallest absolute Gasteiger partial charge is 0.308 e. The summed E-state index contributed by atoms with van der Waals surface area (Å²) >= 11 is 0. The van der Waals surface area contributed by atoms with Gasteiger partial charge in [0.1, 0.15) is 11.6 Å². The SMILES string of the molecule is Cc1cccc(-c2ccc3c(c2)c2cc(-c4cccc(C)c4)ccc2n3-c2cc(-c3cc(C)cc(C(F)(F)F)c3)cc(-n3c4ccc(-c5cccc(C)c5)cc4c4cc(-c5cccc(C)c5)ccc43)c2C#N)c1. The number of hydrogen-bond acceptors (Lipinski definition) is 1. The number of fused-ring (bicyclic) bond motifs is 6. The van der Waals surface area contributed by atoms with E-state index in [4.69, 9.17) is 0 Å². The molecule has 0 aliphatic heterocycles. The fraction of sp³-hybridized carbons (Fsp3) is 0.0896. The molecular formula is C67H48F3N3. The van der Waals surface area contributed by atoms with E-state index in [1.165, 1.54) is 12.1 Å². The minimum absolute atomic E-state index is 0.376. The Morgan fingerprint density at radius 3 is 0.932 bits per heavy atom. The molecule has 0 fully saturated rings. The van der Waals surface area contributed by atoms with Crippen molar-refractivity contribution >= 4 is 43.6 Å². The molecule has 0 radical (unpaired) electrons. The molecule has 73 heavy (non-hydrogen) atoms. The van der Waals surface area contributed by atoms with Crippen LogP contribution in [0.25, 0.3) is 111 Å². The summed E-state index contributed by atoms with van der Waals surface area (Å²) in [6.07, 6.45) is -4.58. The Bertz CT molecular complexity index is 3830. The van der Waals surface area contributed by atoms with E-state index < -0.39 is 11.7 Å². The molecule has 10 aromatic carbocycles. The van der Waals surface area contributed by atoms with E-state index in [0.717, 1.165) is 110 Å². The van der Waals surface area contributed by atoms with Crippen molar-refractivity contribution in [3.05, 3.63) is 239 Å². The van der Waals surface area contributed by atoms with Crippen molar-refractivity contribution in [2.24, 2.45) is 0 Å². The minimum atomic E-state index is -4.58. The molecule has 352 valence electrons. The Balaban J connectivity index is 1.20. The van der Waals surface area contributed by atoms with E-state index in [0.29, 0.717) is 33.6 Å². The quantitative estimate of drug-likeness (QED) is 0.157. The van der Waals surface area contributed by atoms with Gasteiger partial charge in [0.15, 0.2) is 0 Å². The number of hydrogen-bond donors (Lipinski definition) is 0. The third-order valence-electron chi connectivity index (χ3n) is 14.4. The number of nitrogens with zero attached hydrogens (tertiary/aromatic N) is 3. The maximum absolute atomic E-state index is 14.7. The van der Waals surface area contributed by atoms with Gasteiger partial charge in [0.2, 0.25) is 0 Å². The first-order valence-electron chi connectivity index (χ1n) is 24.5. The highest BCUT2D eigenvalue weighted by Gasteiger charge is 2.32. The number of halogens is 3. The van der Waals surface area contributed by atoms with Gasteiger partial charge in [0.05, 0.1) is 39.0 Å². The Morgan fingerprint density at radius 1 is 0.329 bits per heavy atom. The summed E-state index contributed by atoms with van der Waals surface area (Å²) in [5.41, 5.74) is 18.7. The van der Waals surface area contributed by atoms with Gasteiger partial charge in [-0.05, 0) is 169 Å². The average molecular weight is 952 g/mol. The molecule has 0 amide bonds. The Kier molecular flexibility index (Phi) is 10.8. The first-order chi connectivity index (χ1) is 35.3. The van der Waals surface area contributed by atoms with Crippen LogP contribution in [-0.2, 0) is 6.18 Å². The molecule has 0 N–H and O–H groups in total. The van der Waals surface area contributed by atoms with Crippen molar-refractivity contribution in [1.29, 1.82) is 5.26 Å². The molecule has 3 nitrogen and oxygen atoms in total. The van der Waals surface area contributed by atoms with Crippen LogP contribution in [0.4, 0.5) is 13.2 Å². The summed E-state index contributed by atoms with van der Waals surface area (Å²) < 4.78 is 48.5. The van der Waals surface area contributed by atoms with Crippen molar-refractivity contribution < 1.29 is 13.2 Å². The van der Waals surface area contributed by atoms with Crippen LogP contribution in [-0.4, -0.2) is 9.13 Å². The molecule has 0 aliphatic carbocycles. The topological polar surface area (TPSA) is 33.6 Å². The largest absolute Gasteiger partial charge is 0.416 e. The summed E-state index contributed by atoms with van der Waals surface area (Å²) in [6.45, 7) is 10.0. The Morgan fingerprint density at radius 2 is 0.630 bits per heavy atom. The van der Waals surface area contributed by atoms with Crippen LogP contribution < -0.4 is 0 Å². The van der Waals surface area contributed by atoms with Crippen LogP contribution in [0.3, 0.4) is 0 Å². The van der Waals surface area contributed by atoms with Gasteiger partial charge in [0, 0.05) is 21.5 Å². The van der Waals surface area contributed by atoms with Gasteiger partial charge in [-0.2, -0.15) is 18.4 Å². The Hall–Kier alpha value is -8.92. The molecule has 0 bridgehead atoms. The fourth-order valence-corrected chi connectivity index (χ4v) is 10.9. The highest BCUT2D eigenvalue weighted by molar-refractivity contribution is 6.14. The maximum Gasteiger partial charge on any atom is 0.416 e. The predicted octanol–water partition coefficient (Wildman–Crippen LogP) is 18.6. The lowest BCUT2D eigenvalue weighted by Crippen LogP contribution is -2.07. The summed E-state index contributed by atoms with van der Waals surface area (Å²) in [7, 11) is 0. The molecule has 6 heteroatoms. The molecule has 12 aromatic rings. The first kappa shape index (κ1) is 45.2. The molecule has 0 aliphatic rings. The third-order valence-corrected chi connectivity index (χ3v) is 14.4. The average Bonchev–Trinajstić information content (AvgIpc) is 3.89. The van der Waals surface area contributed by atoms with Gasteiger partial charge in [-0.15, -0.1) is 0 Å². The van der Waals surface area contributed by atoms with Crippen molar-refractivity contribution in [3.63, 3.8) is 0 Å². The maximum atomic E-state index is 14.7. The number of benzene rings is 10. The van der Waals surface area contributed by atoms with Gasteiger partial charge >= 0.3 is 6.18 Å². The van der Waals surface area contributed by atoms with Crippen LogP contribution >= 0.6 is 0 Å². The molecule has 0 saturated heterocycles. The van der Waals surface area contributed by atoms with E-state index in [2.05, 4.69) is 213 Å². The van der Waals surface area contributed by atoms with E-state index >= 15 is 0 Å². The Labute approximate surface area is 422 Å². The second-order valence-corrected chi connectivity index (χ2v) is 19.7. The van der Waals surface area contributed by atoms with Gasteiger partial charge < -0.3 is 9.13 Å². The number of nitriles is 1. The third kappa shape index (κ3) is 8.04. The van der Waals surface area contributed by atoms with Gasteiger partial charge in [-0.1, -0.05) is 150 Å². The second kappa shape index (κ2) is 17.4. The number of aromatic nitrogens is 2. The van der Waals surface area contributed by atoms with Gasteiger partial charge in [-0.3, -0.25) is 0 Å². The highest BCUT2D eigenvalue weighted by atomic mass is 19.4. The summed E-state index contributed by atoms with van der Waals surface area (Å²) in [4.78, 5) is 0. The van der Waals surface area contributed by atoms with Crippen LogP contribution in [0, 0.1) is 45.9 Å². The number of alkyl halides is 3. The molecule has 0 atom stereocenters. The van der Waals surface area contributed by atoms with E-state index in [1.807, 2.05) is 12.1 Å². The summed E-state index contributed by atoms with van der Waals surface area (Å²) in [5.74, 6) is 0. The van der Waals surface area contributed by atoms with E-state index in [9.17, 15) is 18.4 Å². The van der Waals surface area contributed by atoms with Crippen molar-refractivity contribution in [2.75, 3.05) is 0 Å². The standard InChI is InChI=1S/C67H48F3N3/c1-40-10-6-14-45(26-40)49-18-22-61-56(33-49)57-34-50(46-15-7-11-41(2)27-46)19-23-62(57)72(61)65-37-54(53-30-44(5)31-55(32-53)67(68,69)70)38-66(60(65)39-71)73-63-24-20-51(47-16-8-12-42(3)28-47)35-58(63)59-36-52(21-25-64(59)73)48-17-9-13-43(4)29-48/h6-38H,1-5H3. The number of rotatable bonds is 7. The zero-order valence-corrected chi connectivity index (χ0v) is 41.0. The summed E-state index contributed by atoms with van der Waals surface area (Å²) in [5, 5.41) is 15.7. The molecule has 0 spiro atoms.